The molecule has 2 heterocycles. The van der Waals surface area contributed by atoms with Gasteiger partial charge in [-0.3, -0.25) is 14.5 Å². The van der Waals surface area contributed by atoms with Crippen molar-refractivity contribution in [1.29, 1.82) is 0 Å². The van der Waals surface area contributed by atoms with Crippen molar-refractivity contribution in [2.75, 3.05) is 19.6 Å². The lowest BCUT2D eigenvalue weighted by molar-refractivity contribution is -0.140. The van der Waals surface area contributed by atoms with Crippen molar-refractivity contribution < 1.29 is 14.0 Å². The molecule has 1 aliphatic heterocycles. The van der Waals surface area contributed by atoms with E-state index in [0.717, 1.165) is 28.7 Å². The molecule has 2 aromatic rings. The van der Waals surface area contributed by atoms with Crippen molar-refractivity contribution in [1.82, 2.24) is 15.5 Å². The van der Waals surface area contributed by atoms with Gasteiger partial charge in [-0.2, -0.15) is 0 Å². The SMILES string of the molecule is CCNC(=NCc1oc2ccccc2c1C)NCCN1C(=O)C2C3C=CC(C3)C2C1=O. The third-order valence-corrected chi connectivity index (χ3v) is 6.86. The Morgan fingerprint density at radius 3 is 2.52 bits per heavy atom. The molecule has 2 fully saturated rings. The van der Waals surface area contributed by atoms with E-state index in [1.54, 1.807) is 0 Å². The van der Waals surface area contributed by atoms with Crippen LogP contribution >= 0.6 is 0 Å². The topological polar surface area (TPSA) is 86.9 Å². The number of carbonyl (C=O) groups excluding carboxylic acids is 2. The fourth-order valence-corrected chi connectivity index (χ4v) is 5.34. The highest BCUT2D eigenvalue weighted by molar-refractivity contribution is 6.06. The van der Waals surface area contributed by atoms with Gasteiger partial charge in [0.05, 0.1) is 11.8 Å². The molecule has 1 aromatic heterocycles. The number of fused-ring (bicyclic) bond motifs is 6. The molecule has 2 bridgehead atoms. The number of furan rings is 1. The summed E-state index contributed by atoms with van der Waals surface area (Å²) in [7, 11) is 0. The number of allylic oxidation sites excluding steroid dienone is 2. The largest absolute Gasteiger partial charge is 0.459 e. The van der Waals surface area contributed by atoms with Crippen LogP contribution < -0.4 is 10.6 Å². The van der Waals surface area contributed by atoms with E-state index >= 15 is 0 Å². The highest BCUT2D eigenvalue weighted by Gasteiger charge is 2.58. The Balaban J connectivity index is 1.21. The van der Waals surface area contributed by atoms with Crippen LogP contribution in [0, 0.1) is 30.6 Å². The van der Waals surface area contributed by atoms with Gasteiger partial charge in [-0.25, -0.2) is 4.99 Å². The van der Waals surface area contributed by atoms with Gasteiger partial charge in [-0.05, 0) is 38.2 Å². The molecule has 1 aromatic carbocycles. The lowest BCUT2D eigenvalue weighted by Crippen LogP contribution is -2.43. The molecule has 0 radical (unpaired) electrons. The highest BCUT2D eigenvalue weighted by Crippen LogP contribution is 2.52. The third-order valence-electron chi connectivity index (χ3n) is 6.86. The number of aliphatic imine (C=N–C) groups is 1. The van der Waals surface area contributed by atoms with Crippen molar-refractivity contribution in [3.05, 3.63) is 47.7 Å². The number of likely N-dealkylation sites (tertiary alicyclic amines) is 1. The lowest BCUT2D eigenvalue weighted by Gasteiger charge is -2.18. The number of para-hydroxylation sites is 1. The standard InChI is InChI=1S/C24H28N4O3/c1-3-25-24(27-13-19-14(2)17-6-4-5-7-18(17)31-19)26-10-11-28-22(29)20-15-8-9-16(12-15)21(20)23(28)30/h4-9,15-16,20-21H,3,10-13H2,1-2H3,(H2,25,26,27). The van der Waals surface area contributed by atoms with Crippen LogP contribution in [0.1, 0.15) is 24.7 Å². The summed E-state index contributed by atoms with van der Waals surface area (Å²) in [6.45, 7) is 5.99. The summed E-state index contributed by atoms with van der Waals surface area (Å²) in [5, 5.41) is 7.57. The molecule has 1 saturated heterocycles. The summed E-state index contributed by atoms with van der Waals surface area (Å²) in [6.07, 6.45) is 5.20. The van der Waals surface area contributed by atoms with E-state index in [9.17, 15) is 9.59 Å². The normalized spacial score (nSPS) is 26.9. The van der Waals surface area contributed by atoms with E-state index in [4.69, 9.17) is 4.42 Å². The van der Waals surface area contributed by atoms with Gasteiger partial charge in [-0.15, -0.1) is 0 Å². The van der Waals surface area contributed by atoms with Crippen molar-refractivity contribution in [2.45, 2.75) is 26.8 Å². The summed E-state index contributed by atoms with van der Waals surface area (Å²) >= 11 is 0. The molecule has 0 spiro atoms. The number of imide groups is 1. The van der Waals surface area contributed by atoms with Crippen LogP contribution in [0.2, 0.25) is 0 Å². The number of guanidine groups is 1. The van der Waals surface area contributed by atoms with E-state index in [0.29, 0.717) is 32.1 Å². The fraction of sp³-hybridized carbons (Fsp3) is 0.458. The molecule has 5 rings (SSSR count). The molecule has 7 nitrogen and oxygen atoms in total. The first-order valence-corrected chi connectivity index (χ1v) is 11.1. The first-order chi connectivity index (χ1) is 15.1. The van der Waals surface area contributed by atoms with Crippen LogP contribution in [0.4, 0.5) is 0 Å². The molecule has 162 valence electrons. The van der Waals surface area contributed by atoms with E-state index in [1.165, 1.54) is 4.90 Å². The zero-order chi connectivity index (χ0) is 21.5. The maximum atomic E-state index is 12.8. The van der Waals surface area contributed by atoms with Gasteiger partial charge in [0, 0.05) is 30.6 Å². The van der Waals surface area contributed by atoms with Crippen LogP contribution in [0.15, 0.2) is 45.8 Å². The Morgan fingerprint density at radius 2 is 1.84 bits per heavy atom. The number of carbonyl (C=O) groups is 2. The van der Waals surface area contributed by atoms with Crippen LogP contribution in [0.5, 0.6) is 0 Å². The zero-order valence-electron chi connectivity index (χ0n) is 17.9. The summed E-state index contributed by atoms with van der Waals surface area (Å²) in [5.41, 5.74) is 1.96. The van der Waals surface area contributed by atoms with Gasteiger partial charge >= 0.3 is 0 Å². The Hall–Kier alpha value is -3.09. The van der Waals surface area contributed by atoms with Crippen molar-refractivity contribution in [3.63, 3.8) is 0 Å². The van der Waals surface area contributed by atoms with Gasteiger partial charge in [-0.1, -0.05) is 30.4 Å². The highest BCUT2D eigenvalue weighted by atomic mass is 16.3. The predicted octanol–water partition coefficient (Wildman–Crippen LogP) is 2.60. The Kier molecular flexibility index (Phi) is 5.04. The molecule has 2 aliphatic carbocycles. The van der Waals surface area contributed by atoms with E-state index in [2.05, 4.69) is 27.8 Å². The Bertz CT molecular complexity index is 1060. The first kappa shape index (κ1) is 19.8. The van der Waals surface area contributed by atoms with Gasteiger partial charge < -0.3 is 15.1 Å². The average molecular weight is 421 g/mol. The van der Waals surface area contributed by atoms with Gasteiger partial charge in [0.2, 0.25) is 11.8 Å². The maximum absolute atomic E-state index is 12.8. The second-order valence-electron chi connectivity index (χ2n) is 8.60. The van der Waals surface area contributed by atoms with Crippen molar-refractivity contribution >= 4 is 28.7 Å². The molecule has 1 saturated carbocycles. The molecular formula is C24H28N4O3. The number of aryl methyl sites for hydroxylation is 1. The summed E-state index contributed by atoms with van der Waals surface area (Å²) in [5.74, 6) is 1.68. The molecule has 7 heteroatoms. The number of benzene rings is 1. The summed E-state index contributed by atoms with van der Waals surface area (Å²) in [6, 6.07) is 7.97. The van der Waals surface area contributed by atoms with E-state index in [1.807, 2.05) is 38.1 Å². The quantitative estimate of drug-likeness (QED) is 0.325. The minimum atomic E-state index is -0.138. The monoisotopic (exact) mass is 420 g/mol. The van der Waals surface area contributed by atoms with Crippen molar-refractivity contribution in [3.8, 4) is 0 Å². The predicted molar refractivity (Wildman–Crippen MR) is 118 cm³/mol. The average Bonchev–Trinajstić information content (AvgIpc) is 3.52. The molecule has 4 unspecified atom stereocenters. The second kappa shape index (κ2) is 7.87. The molecule has 2 amide bonds. The van der Waals surface area contributed by atoms with Crippen molar-refractivity contribution in [2.24, 2.45) is 28.7 Å². The van der Waals surface area contributed by atoms with Gasteiger partial charge in [0.1, 0.15) is 17.9 Å². The Labute approximate surface area is 181 Å². The number of amides is 2. The third kappa shape index (κ3) is 3.32. The molecule has 4 atom stereocenters. The van der Waals surface area contributed by atoms with E-state index in [-0.39, 0.29) is 35.5 Å². The van der Waals surface area contributed by atoms with Crippen LogP contribution in [-0.2, 0) is 16.1 Å². The fourth-order valence-electron chi connectivity index (χ4n) is 5.34. The zero-order valence-corrected chi connectivity index (χ0v) is 17.9. The number of rotatable bonds is 6. The lowest BCUT2D eigenvalue weighted by atomic mass is 9.85. The van der Waals surface area contributed by atoms with E-state index < -0.39 is 0 Å². The minimum absolute atomic E-state index is 0.00603. The van der Waals surface area contributed by atoms with Crippen LogP contribution in [0.3, 0.4) is 0 Å². The molecule has 31 heavy (non-hydrogen) atoms. The second-order valence-corrected chi connectivity index (χ2v) is 8.60. The number of nitrogens with one attached hydrogen (secondary N) is 2. The van der Waals surface area contributed by atoms with Gasteiger partial charge in [0.25, 0.3) is 0 Å². The molecule has 3 aliphatic rings. The summed E-state index contributed by atoms with van der Waals surface area (Å²) < 4.78 is 5.94. The maximum Gasteiger partial charge on any atom is 0.233 e. The number of hydrogen-bond donors (Lipinski definition) is 2. The smallest absolute Gasteiger partial charge is 0.233 e. The number of nitrogens with zero attached hydrogens (tertiary/aromatic N) is 2. The number of hydrogen-bond acceptors (Lipinski definition) is 4. The Morgan fingerprint density at radius 1 is 1.13 bits per heavy atom. The minimum Gasteiger partial charge on any atom is -0.459 e. The summed E-state index contributed by atoms with van der Waals surface area (Å²) in [4.78, 5) is 31.7. The first-order valence-electron chi connectivity index (χ1n) is 11.1. The van der Waals surface area contributed by atoms with Crippen LogP contribution in [0.25, 0.3) is 11.0 Å². The van der Waals surface area contributed by atoms with Crippen LogP contribution in [-0.4, -0.2) is 42.3 Å². The molecule has 2 N–H and O–H groups in total. The molecular weight excluding hydrogens is 392 g/mol. The van der Waals surface area contributed by atoms with Gasteiger partial charge in [0.15, 0.2) is 5.96 Å².